The van der Waals surface area contributed by atoms with Crippen molar-refractivity contribution in [3.63, 3.8) is 0 Å². The number of benzene rings is 7. The Balaban J connectivity index is 1.26. The van der Waals surface area contributed by atoms with Gasteiger partial charge in [0.2, 0.25) is 0 Å². The minimum Gasteiger partial charge on any atom is -0.208 e. The fraction of sp³-hybridized carbons (Fsp3) is 0. The van der Waals surface area contributed by atoms with Crippen LogP contribution < -0.4 is 0 Å². The summed E-state index contributed by atoms with van der Waals surface area (Å²) in [7, 11) is 0. The van der Waals surface area contributed by atoms with Crippen molar-refractivity contribution in [2.75, 3.05) is 0 Å². The molecule has 0 bridgehead atoms. The van der Waals surface area contributed by atoms with E-state index in [4.69, 9.17) is 15.0 Å². The summed E-state index contributed by atoms with van der Waals surface area (Å²) in [6, 6.07) is 61.5. The number of rotatable bonds is 6. The Labute approximate surface area is 288 Å². The fourth-order valence-electron chi connectivity index (χ4n) is 6.58. The van der Waals surface area contributed by atoms with E-state index in [1.165, 1.54) is 36.9 Å². The molecule has 0 spiro atoms. The van der Waals surface area contributed by atoms with Gasteiger partial charge in [0.05, 0.1) is 0 Å². The highest BCUT2D eigenvalue weighted by Gasteiger charge is 2.19. The lowest BCUT2D eigenvalue weighted by molar-refractivity contribution is 1.08. The lowest BCUT2D eigenvalue weighted by Gasteiger charge is -2.12. The average molecular weight is 644 g/mol. The Hall–Kier alpha value is -6.23. The Morgan fingerprint density at radius 2 is 0.714 bits per heavy atom. The van der Waals surface area contributed by atoms with Crippen LogP contribution in [0.15, 0.2) is 176 Å². The first-order valence-corrected chi connectivity index (χ1v) is 17.2. The van der Waals surface area contributed by atoms with Gasteiger partial charge < -0.3 is 0 Å². The molecule has 0 aliphatic rings. The SMILES string of the molecule is c1ccc(-c2ccc(-c3nc(-c4cccc(-c5ccccc5)c4)nc(-c4cccc5sc6cccc(-c7ccccc7)c6c45)n3)cc2)cc1. The summed E-state index contributed by atoms with van der Waals surface area (Å²) in [5.41, 5.74) is 9.87. The standard InChI is InChI=1S/C45H29N3S/c1-4-13-30(14-5-1)32-25-27-34(28-26-32)43-46-44(36-20-10-19-35(29-36)31-15-6-2-7-16-31)48-45(47-43)38-22-12-24-40-42(38)41-37(21-11-23-39(41)49-40)33-17-8-3-9-18-33/h1-29H. The molecule has 0 amide bonds. The number of thiophene rings is 1. The third-order valence-electron chi connectivity index (χ3n) is 8.96. The van der Waals surface area contributed by atoms with E-state index in [0.29, 0.717) is 17.5 Å². The normalized spacial score (nSPS) is 11.3. The molecular weight excluding hydrogens is 615 g/mol. The third-order valence-corrected chi connectivity index (χ3v) is 10.1. The van der Waals surface area contributed by atoms with Gasteiger partial charge in [0.15, 0.2) is 17.5 Å². The first-order valence-electron chi connectivity index (χ1n) is 16.4. The van der Waals surface area contributed by atoms with E-state index in [0.717, 1.165) is 33.4 Å². The highest BCUT2D eigenvalue weighted by molar-refractivity contribution is 7.26. The molecule has 3 nitrogen and oxygen atoms in total. The second-order valence-electron chi connectivity index (χ2n) is 12.0. The van der Waals surface area contributed by atoms with E-state index in [1.54, 1.807) is 0 Å². The minimum atomic E-state index is 0.643. The second-order valence-corrected chi connectivity index (χ2v) is 13.1. The molecule has 2 heterocycles. The van der Waals surface area contributed by atoms with E-state index < -0.39 is 0 Å². The molecule has 4 heteroatoms. The lowest BCUT2D eigenvalue weighted by Crippen LogP contribution is -2.00. The summed E-state index contributed by atoms with van der Waals surface area (Å²) in [4.78, 5) is 15.5. The van der Waals surface area contributed by atoms with Crippen LogP contribution >= 0.6 is 11.3 Å². The third kappa shape index (κ3) is 5.48. The summed E-state index contributed by atoms with van der Waals surface area (Å²) in [6.45, 7) is 0. The van der Waals surface area contributed by atoms with Gasteiger partial charge in [-0.2, -0.15) is 0 Å². The van der Waals surface area contributed by atoms with Crippen molar-refractivity contribution >= 4 is 31.5 Å². The molecule has 7 aromatic carbocycles. The highest BCUT2D eigenvalue weighted by Crippen LogP contribution is 2.44. The molecule has 0 N–H and O–H groups in total. The van der Waals surface area contributed by atoms with E-state index in [2.05, 4.69) is 164 Å². The molecular formula is C45H29N3S. The molecule has 0 aliphatic carbocycles. The second kappa shape index (κ2) is 12.4. The maximum atomic E-state index is 5.22. The van der Waals surface area contributed by atoms with Crippen LogP contribution in [0.25, 0.3) is 87.7 Å². The molecule has 0 fully saturated rings. The smallest absolute Gasteiger partial charge is 0.164 e. The van der Waals surface area contributed by atoms with E-state index in [9.17, 15) is 0 Å². The summed E-state index contributed by atoms with van der Waals surface area (Å²) >= 11 is 1.81. The molecule has 0 saturated heterocycles. The Morgan fingerprint density at radius 3 is 1.37 bits per heavy atom. The molecule has 230 valence electrons. The van der Waals surface area contributed by atoms with Gasteiger partial charge in [-0.05, 0) is 51.6 Å². The van der Waals surface area contributed by atoms with Crippen LogP contribution in [0, 0.1) is 0 Å². The average Bonchev–Trinajstić information content (AvgIpc) is 3.58. The van der Waals surface area contributed by atoms with Gasteiger partial charge in [0, 0.05) is 36.9 Å². The van der Waals surface area contributed by atoms with Crippen molar-refractivity contribution in [2.24, 2.45) is 0 Å². The zero-order valence-electron chi connectivity index (χ0n) is 26.5. The molecule has 0 unspecified atom stereocenters. The number of fused-ring (bicyclic) bond motifs is 3. The number of nitrogens with zero attached hydrogens (tertiary/aromatic N) is 3. The number of hydrogen-bond acceptors (Lipinski definition) is 4. The summed E-state index contributed by atoms with van der Waals surface area (Å²) in [5, 5.41) is 2.40. The topological polar surface area (TPSA) is 38.7 Å². The first kappa shape index (κ1) is 29.0. The molecule has 2 aromatic heterocycles. The van der Waals surface area contributed by atoms with Gasteiger partial charge in [-0.25, -0.2) is 15.0 Å². The molecule has 0 saturated carbocycles. The van der Waals surface area contributed by atoms with Crippen LogP contribution in [0.4, 0.5) is 0 Å². The Morgan fingerprint density at radius 1 is 0.286 bits per heavy atom. The van der Waals surface area contributed by atoms with E-state index >= 15 is 0 Å². The summed E-state index contributed by atoms with van der Waals surface area (Å²) in [6.07, 6.45) is 0. The largest absolute Gasteiger partial charge is 0.208 e. The van der Waals surface area contributed by atoms with Crippen molar-refractivity contribution in [1.29, 1.82) is 0 Å². The molecule has 9 rings (SSSR count). The van der Waals surface area contributed by atoms with Crippen molar-refractivity contribution in [3.05, 3.63) is 176 Å². The van der Waals surface area contributed by atoms with Crippen LogP contribution in [0.5, 0.6) is 0 Å². The molecule has 0 radical (unpaired) electrons. The van der Waals surface area contributed by atoms with Crippen molar-refractivity contribution < 1.29 is 0 Å². The minimum absolute atomic E-state index is 0.643. The predicted molar refractivity (Wildman–Crippen MR) is 205 cm³/mol. The first-order chi connectivity index (χ1) is 24.3. The van der Waals surface area contributed by atoms with E-state index in [-0.39, 0.29) is 0 Å². The van der Waals surface area contributed by atoms with E-state index in [1.807, 2.05) is 23.5 Å². The predicted octanol–water partition coefficient (Wildman–Crippen LogP) is 12.2. The summed E-state index contributed by atoms with van der Waals surface area (Å²) in [5.74, 6) is 1.94. The quantitative estimate of drug-likeness (QED) is 0.181. The van der Waals surface area contributed by atoms with Crippen molar-refractivity contribution in [1.82, 2.24) is 15.0 Å². The van der Waals surface area contributed by atoms with Crippen molar-refractivity contribution in [2.45, 2.75) is 0 Å². The molecule has 9 aromatic rings. The number of aromatic nitrogens is 3. The zero-order valence-corrected chi connectivity index (χ0v) is 27.3. The molecule has 0 aliphatic heterocycles. The molecule has 49 heavy (non-hydrogen) atoms. The van der Waals surface area contributed by atoms with Gasteiger partial charge in [0.25, 0.3) is 0 Å². The fourth-order valence-corrected chi connectivity index (χ4v) is 7.73. The molecule has 0 atom stereocenters. The van der Waals surface area contributed by atoms with Gasteiger partial charge >= 0.3 is 0 Å². The van der Waals surface area contributed by atoms with Crippen LogP contribution in [-0.2, 0) is 0 Å². The van der Waals surface area contributed by atoms with Crippen LogP contribution in [0.2, 0.25) is 0 Å². The van der Waals surface area contributed by atoms with Gasteiger partial charge in [-0.15, -0.1) is 11.3 Å². The van der Waals surface area contributed by atoms with Crippen LogP contribution in [-0.4, -0.2) is 15.0 Å². The van der Waals surface area contributed by atoms with Crippen LogP contribution in [0.3, 0.4) is 0 Å². The zero-order chi connectivity index (χ0) is 32.6. The van der Waals surface area contributed by atoms with Gasteiger partial charge in [-0.3, -0.25) is 0 Å². The number of hydrogen-bond donors (Lipinski definition) is 0. The Bertz CT molecular complexity index is 2580. The van der Waals surface area contributed by atoms with Gasteiger partial charge in [0.1, 0.15) is 0 Å². The van der Waals surface area contributed by atoms with Crippen LogP contribution in [0.1, 0.15) is 0 Å². The maximum Gasteiger partial charge on any atom is 0.164 e. The maximum absolute atomic E-state index is 5.22. The highest BCUT2D eigenvalue weighted by atomic mass is 32.1. The summed E-state index contributed by atoms with van der Waals surface area (Å²) < 4.78 is 2.45. The van der Waals surface area contributed by atoms with Gasteiger partial charge in [-0.1, -0.05) is 158 Å². The lowest BCUT2D eigenvalue weighted by atomic mass is 9.97. The monoisotopic (exact) mass is 643 g/mol. The van der Waals surface area contributed by atoms with Crippen molar-refractivity contribution in [3.8, 4) is 67.5 Å². The Kier molecular flexibility index (Phi) is 7.34.